The highest BCUT2D eigenvalue weighted by Crippen LogP contribution is 2.13. The van der Waals surface area contributed by atoms with Gasteiger partial charge in [0.05, 0.1) is 0 Å². The van der Waals surface area contributed by atoms with E-state index in [4.69, 9.17) is 9.79 Å². The molecule has 0 amide bonds. The average molecular weight is 214 g/mol. The van der Waals surface area contributed by atoms with Gasteiger partial charge >= 0.3 is 16.5 Å². The standard InChI is InChI=1S/2C2H3O3P/c2*1-2-5-6(3)4/h2*2H,1H2/p+2. The summed E-state index contributed by atoms with van der Waals surface area (Å²) in [6.07, 6.45) is 1.83. The topological polar surface area (TPSA) is 93.1 Å². The lowest BCUT2D eigenvalue weighted by Crippen LogP contribution is -1.55. The fraction of sp³-hybridized carbons (Fsp3) is 0. The molecule has 12 heavy (non-hydrogen) atoms. The summed E-state index contributed by atoms with van der Waals surface area (Å²) in [6, 6.07) is 0. The second-order valence-corrected chi connectivity index (χ2v) is 2.39. The largest absolute Gasteiger partial charge is 0.746 e. The van der Waals surface area contributed by atoms with Gasteiger partial charge in [-0.15, -0.1) is 9.79 Å². The van der Waals surface area contributed by atoms with Gasteiger partial charge < -0.3 is 0 Å². The van der Waals surface area contributed by atoms with E-state index in [1.165, 1.54) is 0 Å². The van der Waals surface area contributed by atoms with Gasteiger partial charge in [-0.05, 0) is 0 Å². The van der Waals surface area contributed by atoms with Crippen LogP contribution in [0.2, 0.25) is 0 Å². The second-order valence-electron chi connectivity index (χ2n) is 1.02. The Hall–Kier alpha value is -0.800. The minimum atomic E-state index is -2.47. The van der Waals surface area contributed by atoms with E-state index < -0.39 is 16.5 Å². The Labute approximate surface area is 71.0 Å². The Balaban J connectivity index is 0. The van der Waals surface area contributed by atoms with E-state index in [0.29, 0.717) is 0 Å². The smallest absolute Gasteiger partial charge is 0.238 e. The van der Waals surface area contributed by atoms with Crippen LogP contribution in [0, 0.1) is 0 Å². The van der Waals surface area contributed by atoms with E-state index in [1.807, 2.05) is 0 Å². The van der Waals surface area contributed by atoms with Gasteiger partial charge in [0.2, 0.25) is 0 Å². The van der Waals surface area contributed by atoms with E-state index in [9.17, 15) is 9.13 Å². The first-order chi connectivity index (χ1) is 5.54. The van der Waals surface area contributed by atoms with Crippen LogP contribution in [0.5, 0.6) is 0 Å². The molecule has 6 nitrogen and oxygen atoms in total. The van der Waals surface area contributed by atoms with Crippen molar-refractivity contribution in [2.24, 2.45) is 0 Å². The van der Waals surface area contributed by atoms with Crippen LogP contribution >= 0.6 is 16.5 Å². The molecule has 0 fully saturated rings. The van der Waals surface area contributed by atoms with Crippen LogP contribution in [-0.2, 0) is 18.2 Å². The molecule has 0 aromatic rings. The third-order valence-corrected chi connectivity index (χ3v) is 0.988. The highest BCUT2D eigenvalue weighted by Gasteiger charge is 2.05. The molecule has 0 bridgehead atoms. The summed E-state index contributed by atoms with van der Waals surface area (Å²) in [5.41, 5.74) is 0. The molecule has 0 aromatic heterocycles. The summed E-state index contributed by atoms with van der Waals surface area (Å²) in [5.74, 6) is 0. The Morgan fingerprint density at radius 3 is 1.25 bits per heavy atom. The fourth-order valence-corrected chi connectivity index (χ4v) is 0.383. The minimum Gasteiger partial charge on any atom is -0.238 e. The van der Waals surface area contributed by atoms with Crippen molar-refractivity contribution in [3.05, 3.63) is 25.7 Å². The minimum absolute atomic E-state index is 0.915. The molecule has 0 rings (SSSR count). The SMILES string of the molecule is C=CO[P+](=O)O.C=CO[P+](=O)O. The van der Waals surface area contributed by atoms with Crippen molar-refractivity contribution in [1.29, 1.82) is 0 Å². The van der Waals surface area contributed by atoms with Crippen molar-refractivity contribution >= 4 is 16.5 Å². The number of hydrogen-bond donors (Lipinski definition) is 2. The summed E-state index contributed by atoms with van der Waals surface area (Å²) < 4.78 is 26.6. The molecule has 0 aliphatic carbocycles. The number of hydrogen-bond acceptors (Lipinski definition) is 4. The molecule has 0 heterocycles. The molecule has 68 valence electrons. The Morgan fingerprint density at radius 2 is 1.25 bits per heavy atom. The quantitative estimate of drug-likeness (QED) is 0.545. The van der Waals surface area contributed by atoms with Crippen molar-refractivity contribution in [3.63, 3.8) is 0 Å². The third-order valence-electron chi connectivity index (χ3n) is 0.329. The highest BCUT2D eigenvalue weighted by molar-refractivity contribution is 7.32. The second kappa shape index (κ2) is 10.2. The van der Waals surface area contributed by atoms with Crippen molar-refractivity contribution in [2.75, 3.05) is 0 Å². The van der Waals surface area contributed by atoms with Gasteiger partial charge in [0.25, 0.3) is 0 Å². The molecule has 0 spiro atoms. The molecule has 0 aromatic carbocycles. The molecule has 2 N–H and O–H groups in total. The first kappa shape index (κ1) is 13.8. The normalized spacial score (nSPS) is 9.83. The lowest BCUT2D eigenvalue weighted by Gasteiger charge is -1.63. The molecule has 8 heteroatoms. The van der Waals surface area contributed by atoms with Gasteiger partial charge in [-0.3, -0.25) is 0 Å². The summed E-state index contributed by atoms with van der Waals surface area (Å²) in [4.78, 5) is 15.5. The molecule has 2 unspecified atom stereocenters. The van der Waals surface area contributed by atoms with Crippen LogP contribution in [0.1, 0.15) is 0 Å². The van der Waals surface area contributed by atoms with Gasteiger partial charge in [0, 0.05) is 9.13 Å². The van der Waals surface area contributed by atoms with E-state index >= 15 is 0 Å². The molecule has 0 saturated heterocycles. The molecular formula is C4H8O6P2+2. The van der Waals surface area contributed by atoms with Crippen molar-refractivity contribution < 1.29 is 28.0 Å². The van der Waals surface area contributed by atoms with E-state index in [0.717, 1.165) is 12.5 Å². The van der Waals surface area contributed by atoms with Crippen molar-refractivity contribution in [3.8, 4) is 0 Å². The van der Waals surface area contributed by atoms with Crippen LogP contribution in [0.3, 0.4) is 0 Å². The van der Waals surface area contributed by atoms with E-state index in [-0.39, 0.29) is 0 Å². The molecule has 0 radical (unpaired) electrons. The van der Waals surface area contributed by atoms with Crippen LogP contribution in [0.25, 0.3) is 0 Å². The maximum atomic E-state index is 9.45. The van der Waals surface area contributed by atoms with Gasteiger partial charge in [0.1, 0.15) is 12.5 Å². The van der Waals surface area contributed by atoms with Gasteiger partial charge in [-0.2, -0.15) is 0 Å². The zero-order valence-electron chi connectivity index (χ0n) is 5.99. The first-order valence-electron chi connectivity index (χ1n) is 2.42. The molecule has 2 atom stereocenters. The van der Waals surface area contributed by atoms with Crippen molar-refractivity contribution in [1.82, 2.24) is 0 Å². The van der Waals surface area contributed by atoms with Crippen molar-refractivity contribution in [2.45, 2.75) is 0 Å². The summed E-state index contributed by atoms with van der Waals surface area (Å²) in [7, 11) is -4.94. The maximum absolute atomic E-state index is 9.45. The van der Waals surface area contributed by atoms with E-state index in [1.54, 1.807) is 0 Å². The lowest BCUT2D eigenvalue weighted by molar-refractivity contribution is 0.377. The van der Waals surface area contributed by atoms with Gasteiger partial charge in [-0.25, -0.2) is 9.05 Å². The van der Waals surface area contributed by atoms with Crippen LogP contribution in [-0.4, -0.2) is 9.79 Å². The zero-order chi connectivity index (χ0) is 9.98. The third kappa shape index (κ3) is 22.9. The summed E-state index contributed by atoms with van der Waals surface area (Å²) >= 11 is 0. The first-order valence-corrected chi connectivity index (χ1v) is 4.68. The van der Waals surface area contributed by atoms with Gasteiger partial charge in [0.15, 0.2) is 0 Å². The predicted octanol–water partition coefficient (Wildman–Crippen LogP) is 1.59. The Bertz CT molecular complexity index is 158. The molecular weight excluding hydrogens is 206 g/mol. The monoisotopic (exact) mass is 214 g/mol. The number of rotatable bonds is 4. The highest BCUT2D eigenvalue weighted by atomic mass is 31.1. The summed E-state index contributed by atoms with van der Waals surface area (Å²) in [5, 5.41) is 0. The predicted molar refractivity (Wildman–Crippen MR) is 42.2 cm³/mol. The Kier molecular flexibility index (Phi) is 11.7. The molecule has 0 aliphatic heterocycles. The van der Waals surface area contributed by atoms with Gasteiger partial charge in [-0.1, -0.05) is 13.2 Å². The molecule has 0 saturated carbocycles. The summed E-state index contributed by atoms with van der Waals surface area (Å²) in [6.45, 7) is 6.07. The van der Waals surface area contributed by atoms with Crippen LogP contribution in [0.4, 0.5) is 0 Å². The Morgan fingerprint density at radius 1 is 1.00 bits per heavy atom. The maximum Gasteiger partial charge on any atom is 0.746 e. The van der Waals surface area contributed by atoms with Crippen LogP contribution < -0.4 is 0 Å². The molecule has 0 aliphatic rings. The van der Waals surface area contributed by atoms with Crippen LogP contribution in [0.15, 0.2) is 25.7 Å². The lowest BCUT2D eigenvalue weighted by atomic mass is 11.2. The zero-order valence-corrected chi connectivity index (χ0v) is 7.78. The fourth-order valence-electron chi connectivity index (χ4n) is 0.128. The van der Waals surface area contributed by atoms with E-state index in [2.05, 4.69) is 22.2 Å². The average Bonchev–Trinajstić information content (AvgIpc) is 1.87.